The Kier molecular flexibility index (Phi) is 5.08. The van der Waals surface area contributed by atoms with Crippen LogP contribution in [0.5, 0.6) is 11.5 Å². The van der Waals surface area contributed by atoms with Gasteiger partial charge in [-0.05, 0) is 31.5 Å². The van der Waals surface area contributed by atoms with Gasteiger partial charge in [0.25, 0.3) is 0 Å². The Hall–Kier alpha value is -1.31. The molecule has 6 nitrogen and oxygen atoms in total. The van der Waals surface area contributed by atoms with E-state index in [2.05, 4.69) is 4.72 Å². The lowest BCUT2D eigenvalue weighted by Crippen LogP contribution is -2.37. The first-order valence-electron chi connectivity index (χ1n) is 6.79. The summed E-state index contributed by atoms with van der Waals surface area (Å²) in [5.74, 6) is 1.27. The fourth-order valence-electron chi connectivity index (χ4n) is 2.43. The summed E-state index contributed by atoms with van der Waals surface area (Å²) in [4.78, 5) is 0. The van der Waals surface area contributed by atoms with Crippen LogP contribution in [-0.4, -0.2) is 40.6 Å². The molecule has 21 heavy (non-hydrogen) atoms. The lowest BCUT2D eigenvalue weighted by Gasteiger charge is -2.17. The Morgan fingerprint density at radius 2 is 2.10 bits per heavy atom. The Bertz CT molecular complexity index is 587. The minimum atomic E-state index is -3.42. The molecule has 2 unspecified atom stereocenters. The van der Waals surface area contributed by atoms with E-state index in [4.69, 9.17) is 14.2 Å². The summed E-state index contributed by atoms with van der Waals surface area (Å²) >= 11 is 0. The van der Waals surface area contributed by atoms with E-state index in [-0.39, 0.29) is 12.6 Å². The zero-order valence-corrected chi connectivity index (χ0v) is 13.3. The van der Waals surface area contributed by atoms with Gasteiger partial charge in [-0.1, -0.05) is 0 Å². The molecule has 0 bridgehead atoms. The van der Waals surface area contributed by atoms with Crippen LogP contribution < -0.4 is 14.2 Å². The van der Waals surface area contributed by atoms with Crippen molar-refractivity contribution in [1.82, 2.24) is 4.72 Å². The maximum absolute atomic E-state index is 12.3. The van der Waals surface area contributed by atoms with E-state index in [1.165, 1.54) is 0 Å². The molecule has 1 aromatic rings. The smallest absolute Gasteiger partial charge is 0.217 e. The first-order valence-corrected chi connectivity index (χ1v) is 8.33. The molecular weight excluding hydrogens is 294 g/mol. The minimum Gasteiger partial charge on any atom is -0.497 e. The van der Waals surface area contributed by atoms with E-state index >= 15 is 0 Å². The molecule has 1 fully saturated rings. The molecular formula is C14H21NO5S. The van der Waals surface area contributed by atoms with Gasteiger partial charge in [0, 0.05) is 18.7 Å². The first kappa shape index (κ1) is 16.1. The molecule has 1 heterocycles. The Morgan fingerprint density at radius 1 is 1.33 bits per heavy atom. The number of hydrogen-bond donors (Lipinski definition) is 1. The van der Waals surface area contributed by atoms with Crippen molar-refractivity contribution in [2.45, 2.75) is 31.2 Å². The van der Waals surface area contributed by atoms with E-state index in [0.717, 1.165) is 5.56 Å². The van der Waals surface area contributed by atoms with Gasteiger partial charge in [0.2, 0.25) is 10.0 Å². The largest absolute Gasteiger partial charge is 0.497 e. The average Bonchev–Trinajstić information content (AvgIpc) is 2.92. The molecule has 7 heteroatoms. The van der Waals surface area contributed by atoms with Gasteiger partial charge in [-0.25, -0.2) is 13.1 Å². The number of methoxy groups -OCH3 is 2. The van der Waals surface area contributed by atoms with Crippen LogP contribution in [0.25, 0.3) is 0 Å². The Labute approximate surface area is 125 Å². The van der Waals surface area contributed by atoms with Crippen LogP contribution in [0.15, 0.2) is 18.2 Å². The van der Waals surface area contributed by atoms with Gasteiger partial charge >= 0.3 is 0 Å². The van der Waals surface area contributed by atoms with Gasteiger partial charge in [0.1, 0.15) is 16.7 Å². The van der Waals surface area contributed by atoms with Crippen LogP contribution in [-0.2, 0) is 21.3 Å². The van der Waals surface area contributed by atoms with Gasteiger partial charge in [-0.2, -0.15) is 0 Å². The predicted octanol–water partition coefficient (Wildman–Crippen LogP) is 1.30. The highest BCUT2D eigenvalue weighted by Crippen LogP contribution is 2.25. The Morgan fingerprint density at radius 3 is 2.67 bits per heavy atom. The summed E-state index contributed by atoms with van der Waals surface area (Å²) in [5.41, 5.74) is 0.729. The lowest BCUT2D eigenvalue weighted by molar-refractivity contribution is 0.126. The molecule has 1 N–H and O–H groups in total. The second-order valence-corrected chi connectivity index (χ2v) is 6.93. The highest BCUT2D eigenvalue weighted by Gasteiger charge is 2.35. The molecule has 118 valence electrons. The molecule has 0 amide bonds. The van der Waals surface area contributed by atoms with Crippen molar-refractivity contribution in [3.05, 3.63) is 23.8 Å². The zero-order chi connectivity index (χ0) is 15.5. The van der Waals surface area contributed by atoms with Gasteiger partial charge < -0.3 is 14.2 Å². The third kappa shape index (κ3) is 3.66. The predicted molar refractivity (Wildman–Crippen MR) is 79.1 cm³/mol. The fourth-order valence-corrected chi connectivity index (χ4v) is 3.99. The van der Waals surface area contributed by atoms with Crippen molar-refractivity contribution >= 4 is 10.0 Å². The van der Waals surface area contributed by atoms with Crippen molar-refractivity contribution in [3.8, 4) is 11.5 Å². The maximum Gasteiger partial charge on any atom is 0.217 e. The van der Waals surface area contributed by atoms with Crippen LogP contribution in [0.3, 0.4) is 0 Å². The van der Waals surface area contributed by atoms with Crippen LogP contribution in [0.2, 0.25) is 0 Å². The second-order valence-electron chi connectivity index (χ2n) is 4.95. The molecule has 0 saturated carbocycles. The van der Waals surface area contributed by atoms with E-state index in [1.807, 2.05) is 0 Å². The highest BCUT2D eigenvalue weighted by molar-refractivity contribution is 7.90. The van der Waals surface area contributed by atoms with Gasteiger partial charge in [-0.15, -0.1) is 0 Å². The SMILES string of the molecule is COc1ccc(OC)c(CNS(=O)(=O)C2CCOC2C)c1. The fraction of sp³-hybridized carbons (Fsp3) is 0.571. The van der Waals surface area contributed by atoms with Crippen molar-refractivity contribution in [1.29, 1.82) is 0 Å². The van der Waals surface area contributed by atoms with Gasteiger partial charge in [0.05, 0.1) is 20.3 Å². The van der Waals surface area contributed by atoms with E-state index in [0.29, 0.717) is 24.5 Å². The van der Waals surface area contributed by atoms with Crippen LogP contribution in [0.1, 0.15) is 18.9 Å². The number of hydrogen-bond acceptors (Lipinski definition) is 5. The second kappa shape index (κ2) is 6.64. The number of sulfonamides is 1. The van der Waals surface area contributed by atoms with Crippen LogP contribution in [0.4, 0.5) is 0 Å². The molecule has 0 radical (unpaired) electrons. The molecule has 1 aliphatic heterocycles. The van der Waals surface area contributed by atoms with Crippen molar-refractivity contribution in [2.75, 3.05) is 20.8 Å². The number of rotatable bonds is 6. The van der Waals surface area contributed by atoms with Crippen molar-refractivity contribution in [3.63, 3.8) is 0 Å². The molecule has 1 saturated heterocycles. The monoisotopic (exact) mass is 315 g/mol. The molecule has 0 spiro atoms. The Balaban J connectivity index is 2.11. The van der Waals surface area contributed by atoms with Gasteiger partial charge in [-0.3, -0.25) is 0 Å². The lowest BCUT2D eigenvalue weighted by atomic mass is 10.2. The van der Waals surface area contributed by atoms with E-state index in [9.17, 15) is 8.42 Å². The molecule has 2 rings (SSSR count). The molecule has 2 atom stereocenters. The summed E-state index contributed by atoms with van der Waals surface area (Å²) < 4.78 is 43.0. The molecule has 1 aromatic carbocycles. The molecule has 0 aromatic heterocycles. The van der Waals surface area contributed by atoms with E-state index in [1.54, 1.807) is 39.3 Å². The van der Waals surface area contributed by atoms with Crippen molar-refractivity contribution < 1.29 is 22.6 Å². The topological polar surface area (TPSA) is 73.9 Å². The standard InChI is InChI=1S/C14H21NO5S/c1-10-14(6-7-20-10)21(16,17)15-9-11-8-12(18-2)4-5-13(11)19-3/h4-5,8,10,14-15H,6-7,9H2,1-3H3. The summed E-state index contributed by atoms with van der Waals surface area (Å²) in [7, 11) is -0.312. The van der Waals surface area contributed by atoms with Crippen molar-refractivity contribution in [2.24, 2.45) is 0 Å². The minimum absolute atomic E-state index is 0.159. The number of ether oxygens (including phenoxy) is 3. The molecule has 1 aliphatic rings. The van der Waals surface area contributed by atoms with Crippen LogP contribution >= 0.6 is 0 Å². The number of nitrogens with one attached hydrogen (secondary N) is 1. The summed E-state index contributed by atoms with van der Waals surface area (Å²) in [6, 6.07) is 5.28. The summed E-state index contributed by atoms with van der Waals surface area (Å²) in [6.45, 7) is 2.42. The first-order chi connectivity index (χ1) is 9.97. The quantitative estimate of drug-likeness (QED) is 0.856. The van der Waals surface area contributed by atoms with Gasteiger partial charge in [0.15, 0.2) is 0 Å². The normalized spacial score (nSPS) is 22.2. The third-order valence-electron chi connectivity index (χ3n) is 3.66. The zero-order valence-electron chi connectivity index (χ0n) is 12.5. The van der Waals surface area contributed by atoms with E-state index < -0.39 is 15.3 Å². The average molecular weight is 315 g/mol. The summed E-state index contributed by atoms with van der Waals surface area (Å²) in [5, 5.41) is -0.505. The van der Waals surface area contributed by atoms with Crippen LogP contribution in [0, 0.1) is 0 Å². The highest BCUT2D eigenvalue weighted by atomic mass is 32.2. The maximum atomic E-state index is 12.3. The molecule has 0 aliphatic carbocycles. The third-order valence-corrected chi connectivity index (χ3v) is 5.62. The summed E-state index contributed by atoms with van der Waals surface area (Å²) in [6.07, 6.45) is 0.237. The number of benzene rings is 1.